The molecule has 0 unspecified atom stereocenters. The minimum Gasteiger partial charge on any atom is -0.508 e. The van der Waals surface area contributed by atoms with Crippen LogP contribution in [0.15, 0.2) is 48.7 Å². The van der Waals surface area contributed by atoms with E-state index in [1.807, 2.05) is 35.2 Å². The van der Waals surface area contributed by atoms with E-state index >= 15 is 0 Å². The van der Waals surface area contributed by atoms with Crippen molar-refractivity contribution < 1.29 is 9.90 Å². The van der Waals surface area contributed by atoms with Crippen LogP contribution in [0, 0.1) is 0 Å². The molecule has 0 saturated carbocycles. The van der Waals surface area contributed by atoms with E-state index in [1.54, 1.807) is 18.3 Å². The molecule has 2 aromatic carbocycles. The van der Waals surface area contributed by atoms with Gasteiger partial charge in [-0.05, 0) is 42.5 Å². The van der Waals surface area contributed by atoms with Gasteiger partial charge in [-0.1, -0.05) is 24.3 Å². The van der Waals surface area contributed by atoms with Gasteiger partial charge in [-0.3, -0.25) is 9.89 Å². The van der Waals surface area contributed by atoms with Gasteiger partial charge in [-0.15, -0.1) is 0 Å². The first-order chi connectivity index (χ1) is 11.7. The van der Waals surface area contributed by atoms with Crippen molar-refractivity contribution in [1.82, 2.24) is 15.1 Å². The van der Waals surface area contributed by atoms with Crippen molar-refractivity contribution in [3.8, 4) is 5.75 Å². The smallest absolute Gasteiger partial charge is 0.256 e. The lowest BCUT2D eigenvalue weighted by Crippen LogP contribution is -2.38. The van der Waals surface area contributed by atoms with Gasteiger partial charge < -0.3 is 10.0 Å². The Bertz CT molecular complexity index is 862. The number of hydrogen-bond donors (Lipinski definition) is 2. The standard InChI is InChI=1S/C19H19N3O2/c23-16-6-4-13(5-7-16)14-8-10-22(11-9-14)19(24)17-3-1-2-15-12-20-21-18(15)17/h1-7,12,14,23H,8-11H2,(H,20,21). The largest absolute Gasteiger partial charge is 0.508 e. The van der Waals surface area contributed by atoms with Crippen LogP contribution in [0.3, 0.4) is 0 Å². The molecule has 0 spiro atoms. The average Bonchev–Trinajstić information content (AvgIpc) is 3.11. The minimum atomic E-state index is 0.0639. The molecule has 24 heavy (non-hydrogen) atoms. The second-order valence-electron chi connectivity index (χ2n) is 6.30. The number of benzene rings is 2. The fourth-order valence-corrected chi connectivity index (χ4v) is 3.48. The first-order valence-electron chi connectivity index (χ1n) is 8.22. The van der Waals surface area contributed by atoms with E-state index in [-0.39, 0.29) is 5.91 Å². The first-order valence-corrected chi connectivity index (χ1v) is 8.22. The Hall–Kier alpha value is -2.82. The fraction of sp³-hybridized carbons (Fsp3) is 0.263. The number of para-hydroxylation sites is 1. The number of aromatic nitrogens is 2. The molecule has 3 aromatic rings. The van der Waals surface area contributed by atoms with Crippen LogP contribution in [0.4, 0.5) is 0 Å². The number of phenolic OH excluding ortho intramolecular Hbond substituents is 1. The van der Waals surface area contributed by atoms with E-state index in [2.05, 4.69) is 10.2 Å². The third-order valence-corrected chi connectivity index (χ3v) is 4.85. The fourth-order valence-electron chi connectivity index (χ4n) is 3.48. The van der Waals surface area contributed by atoms with Gasteiger partial charge >= 0.3 is 0 Å². The summed E-state index contributed by atoms with van der Waals surface area (Å²) in [6.45, 7) is 1.49. The topological polar surface area (TPSA) is 69.2 Å². The van der Waals surface area contributed by atoms with Crippen molar-refractivity contribution in [3.05, 3.63) is 59.8 Å². The van der Waals surface area contributed by atoms with E-state index in [0.717, 1.165) is 36.8 Å². The number of phenols is 1. The lowest BCUT2D eigenvalue weighted by molar-refractivity contribution is 0.0715. The van der Waals surface area contributed by atoms with E-state index in [0.29, 0.717) is 17.2 Å². The van der Waals surface area contributed by atoms with Gasteiger partial charge in [0.15, 0.2) is 0 Å². The van der Waals surface area contributed by atoms with E-state index in [4.69, 9.17) is 0 Å². The number of carbonyl (C=O) groups is 1. The number of aromatic hydroxyl groups is 1. The van der Waals surface area contributed by atoms with Crippen LogP contribution in [0.25, 0.3) is 10.9 Å². The summed E-state index contributed by atoms with van der Waals surface area (Å²) in [4.78, 5) is 14.8. The monoisotopic (exact) mass is 321 g/mol. The first kappa shape index (κ1) is 14.8. The van der Waals surface area contributed by atoms with Crippen molar-refractivity contribution in [2.24, 2.45) is 0 Å². The van der Waals surface area contributed by atoms with Gasteiger partial charge in [0.25, 0.3) is 5.91 Å². The Kier molecular flexibility index (Phi) is 3.69. The molecule has 2 N–H and O–H groups in total. The lowest BCUT2D eigenvalue weighted by atomic mass is 9.89. The molecule has 0 bridgehead atoms. The molecule has 0 radical (unpaired) electrons. The third kappa shape index (κ3) is 2.62. The average molecular weight is 321 g/mol. The van der Waals surface area contributed by atoms with Crippen molar-refractivity contribution in [1.29, 1.82) is 0 Å². The molecule has 5 nitrogen and oxygen atoms in total. The summed E-state index contributed by atoms with van der Waals surface area (Å²) in [5.41, 5.74) is 2.73. The Morgan fingerprint density at radius 3 is 2.62 bits per heavy atom. The van der Waals surface area contributed by atoms with Gasteiger partial charge in [0.2, 0.25) is 0 Å². The Labute approximate surface area is 139 Å². The molecule has 2 heterocycles. The van der Waals surface area contributed by atoms with Gasteiger partial charge in [0, 0.05) is 18.5 Å². The van der Waals surface area contributed by atoms with Crippen LogP contribution in [-0.2, 0) is 0 Å². The summed E-state index contributed by atoms with van der Waals surface area (Å²) in [6, 6.07) is 13.1. The molecular weight excluding hydrogens is 302 g/mol. The highest BCUT2D eigenvalue weighted by Crippen LogP contribution is 2.30. The zero-order valence-corrected chi connectivity index (χ0v) is 13.3. The second kappa shape index (κ2) is 6.00. The molecule has 1 saturated heterocycles. The molecule has 122 valence electrons. The molecule has 1 aliphatic rings. The molecule has 1 aromatic heterocycles. The number of aromatic amines is 1. The molecule has 0 aliphatic carbocycles. The normalized spacial score (nSPS) is 15.8. The number of fused-ring (bicyclic) bond motifs is 1. The van der Waals surface area contributed by atoms with Crippen molar-refractivity contribution >= 4 is 16.8 Å². The number of likely N-dealkylation sites (tertiary alicyclic amines) is 1. The number of nitrogens with zero attached hydrogens (tertiary/aromatic N) is 2. The molecular formula is C19H19N3O2. The quantitative estimate of drug-likeness (QED) is 0.761. The predicted octanol–water partition coefficient (Wildman–Crippen LogP) is 3.29. The highest BCUT2D eigenvalue weighted by molar-refractivity contribution is 6.05. The van der Waals surface area contributed by atoms with E-state index in [1.165, 1.54) is 5.56 Å². The summed E-state index contributed by atoms with van der Waals surface area (Å²) >= 11 is 0. The van der Waals surface area contributed by atoms with Gasteiger partial charge in [0.05, 0.1) is 17.3 Å². The predicted molar refractivity (Wildman–Crippen MR) is 92.1 cm³/mol. The number of piperidine rings is 1. The highest BCUT2D eigenvalue weighted by atomic mass is 16.3. The zero-order chi connectivity index (χ0) is 16.5. The number of hydrogen-bond acceptors (Lipinski definition) is 3. The van der Waals surface area contributed by atoms with Crippen molar-refractivity contribution in [3.63, 3.8) is 0 Å². The lowest BCUT2D eigenvalue weighted by Gasteiger charge is -2.32. The van der Waals surface area contributed by atoms with Crippen molar-refractivity contribution in [2.45, 2.75) is 18.8 Å². The maximum Gasteiger partial charge on any atom is 0.256 e. The SMILES string of the molecule is O=C(c1cccc2cn[nH]c12)N1CCC(c2ccc(O)cc2)CC1. The number of carbonyl (C=O) groups excluding carboxylic acids is 1. The summed E-state index contributed by atoms with van der Waals surface area (Å²) in [5.74, 6) is 0.797. The summed E-state index contributed by atoms with van der Waals surface area (Å²) in [6.07, 6.45) is 3.62. The Morgan fingerprint density at radius 1 is 1.12 bits per heavy atom. The summed E-state index contributed by atoms with van der Waals surface area (Å²) in [5, 5.41) is 17.3. The van der Waals surface area contributed by atoms with Gasteiger partial charge in [-0.2, -0.15) is 5.10 Å². The number of amides is 1. The molecule has 1 fully saturated rings. The molecule has 5 heteroatoms. The number of rotatable bonds is 2. The van der Waals surface area contributed by atoms with Crippen molar-refractivity contribution in [2.75, 3.05) is 13.1 Å². The number of nitrogens with one attached hydrogen (secondary N) is 1. The second-order valence-corrected chi connectivity index (χ2v) is 6.30. The van der Waals surface area contributed by atoms with Crippen LogP contribution in [0.2, 0.25) is 0 Å². The van der Waals surface area contributed by atoms with Crippen LogP contribution < -0.4 is 0 Å². The summed E-state index contributed by atoms with van der Waals surface area (Å²) in [7, 11) is 0. The van der Waals surface area contributed by atoms with Crippen LogP contribution in [-0.4, -0.2) is 39.2 Å². The van der Waals surface area contributed by atoms with Gasteiger partial charge in [0.1, 0.15) is 5.75 Å². The summed E-state index contributed by atoms with van der Waals surface area (Å²) < 4.78 is 0. The maximum absolute atomic E-state index is 12.8. The molecule has 1 aliphatic heterocycles. The number of H-pyrrole nitrogens is 1. The Balaban J connectivity index is 1.48. The maximum atomic E-state index is 12.8. The molecule has 4 rings (SSSR count). The van der Waals surface area contributed by atoms with Crippen LogP contribution in [0.5, 0.6) is 5.75 Å². The Morgan fingerprint density at radius 2 is 1.88 bits per heavy atom. The molecule has 1 amide bonds. The minimum absolute atomic E-state index is 0.0639. The van der Waals surface area contributed by atoms with E-state index < -0.39 is 0 Å². The third-order valence-electron chi connectivity index (χ3n) is 4.85. The highest BCUT2D eigenvalue weighted by Gasteiger charge is 2.25. The van der Waals surface area contributed by atoms with E-state index in [9.17, 15) is 9.90 Å². The van der Waals surface area contributed by atoms with Crippen LogP contribution in [0.1, 0.15) is 34.7 Å². The van der Waals surface area contributed by atoms with Gasteiger partial charge in [-0.25, -0.2) is 0 Å². The van der Waals surface area contributed by atoms with Crippen LogP contribution >= 0.6 is 0 Å². The molecule has 0 atom stereocenters. The zero-order valence-electron chi connectivity index (χ0n) is 13.3.